The van der Waals surface area contributed by atoms with Crippen LogP contribution < -0.4 is 9.64 Å². The van der Waals surface area contributed by atoms with Gasteiger partial charge in [0, 0.05) is 41.8 Å². The summed E-state index contributed by atoms with van der Waals surface area (Å²) >= 11 is 8.01. The summed E-state index contributed by atoms with van der Waals surface area (Å²) in [6.07, 6.45) is 0. The largest absolute Gasteiger partial charge is 0.497 e. The van der Waals surface area contributed by atoms with Crippen LogP contribution in [0, 0.1) is 6.92 Å². The lowest BCUT2D eigenvalue weighted by Gasteiger charge is -2.40. The van der Waals surface area contributed by atoms with Gasteiger partial charge in [0.1, 0.15) is 5.75 Å². The number of piperazine rings is 1. The second-order valence-corrected chi connectivity index (χ2v) is 9.87. The van der Waals surface area contributed by atoms with Gasteiger partial charge < -0.3 is 9.64 Å². The zero-order chi connectivity index (χ0) is 23.5. The van der Waals surface area contributed by atoms with Crippen LogP contribution in [-0.4, -0.2) is 58.4 Å². The van der Waals surface area contributed by atoms with E-state index in [1.807, 2.05) is 22.9 Å². The number of aromatic nitrogens is 4. The first-order chi connectivity index (χ1) is 16.6. The molecule has 34 heavy (non-hydrogen) atoms. The summed E-state index contributed by atoms with van der Waals surface area (Å²) in [4.78, 5) is 6.11. The van der Waals surface area contributed by atoms with E-state index in [9.17, 15) is 0 Å². The highest BCUT2D eigenvalue weighted by molar-refractivity contribution is 7.09. The Balaban J connectivity index is 1.43. The van der Waals surface area contributed by atoms with Gasteiger partial charge in [-0.1, -0.05) is 35.9 Å². The standard InChI is InChI=1S/C25H27ClN6OS/c1-18-5-8-20(26)16-23(18)30-11-13-31(14-12-30)24(19-6-9-21(33-2)10-7-19)25-27-28-29-32(25)17-22-4-3-15-34-22/h3-10,15-16,24H,11-14,17H2,1-2H3. The number of ether oxygens (including phenoxy) is 1. The van der Waals surface area contributed by atoms with Crippen molar-refractivity contribution in [3.8, 4) is 5.75 Å². The van der Waals surface area contributed by atoms with E-state index in [-0.39, 0.29) is 6.04 Å². The molecule has 0 radical (unpaired) electrons. The zero-order valence-corrected chi connectivity index (χ0v) is 20.8. The second-order valence-electron chi connectivity index (χ2n) is 8.40. The average Bonchev–Trinajstić information content (AvgIpc) is 3.55. The van der Waals surface area contributed by atoms with Gasteiger partial charge >= 0.3 is 0 Å². The van der Waals surface area contributed by atoms with Crippen LogP contribution in [0.1, 0.15) is 27.9 Å². The molecule has 0 N–H and O–H groups in total. The lowest BCUT2D eigenvalue weighted by atomic mass is 10.0. The molecule has 5 rings (SSSR count). The molecule has 1 unspecified atom stereocenters. The van der Waals surface area contributed by atoms with Crippen LogP contribution in [-0.2, 0) is 6.54 Å². The maximum atomic E-state index is 6.29. The molecule has 7 nitrogen and oxygen atoms in total. The number of nitrogens with zero attached hydrogens (tertiary/aromatic N) is 6. The van der Waals surface area contributed by atoms with Crippen molar-refractivity contribution < 1.29 is 4.74 Å². The quantitative estimate of drug-likeness (QED) is 0.372. The minimum Gasteiger partial charge on any atom is -0.497 e. The van der Waals surface area contributed by atoms with Crippen molar-refractivity contribution in [3.05, 3.63) is 86.8 Å². The van der Waals surface area contributed by atoms with E-state index in [0.717, 1.165) is 48.3 Å². The monoisotopic (exact) mass is 494 g/mol. The maximum absolute atomic E-state index is 6.29. The molecule has 1 fully saturated rings. The predicted molar refractivity (Wildman–Crippen MR) is 136 cm³/mol. The van der Waals surface area contributed by atoms with Crippen LogP contribution in [0.4, 0.5) is 5.69 Å². The molecule has 1 saturated heterocycles. The summed E-state index contributed by atoms with van der Waals surface area (Å²) in [5.74, 6) is 1.69. The van der Waals surface area contributed by atoms with E-state index in [1.54, 1.807) is 18.4 Å². The van der Waals surface area contributed by atoms with Gasteiger partial charge in [-0.2, -0.15) is 0 Å². The number of tetrazole rings is 1. The Morgan fingerprint density at radius 2 is 1.85 bits per heavy atom. The van der Waals surface area contributed by atoms with Crippen molar-refractivity contribution in [1.29, 1.82) is 0 Å². The molecule has 3 heterocycles. The van der Waals surface area contributed by atoms with Gasteiger partial charge in [-0.05, 0) is 64.2 Å². The summed E-state index contributed by atoms with van der Waals surface area (Å²) in [6.45, 7) is 6.37. The summed E-state index contributed by atoms with van der Waals surface area (Å²) in [7, 11) is 1.69. The molecule has 2 aromatic carbocycles. The topological polar surface area (TPSA) is 59.3 Å². The van der Waals surface area contributed by atoms with E-state index in [1.165, 1.54) is 16.1 Å². The molecule has 1 aliphatic heterocycles. The van der Waals surface area contributed by atoms with Crippen LogP contribution in [0.2, 0.25) is 5.02 Å². The molecule has 0 spiro atoms. The first-order valence-corrected chi connectivity index (χ1v) is 12.6. The van der Waals surface area contributed by atoms with Gasteiger partial charge in [-0.25, -0.2) is 4.68 Å². The molecule has 176 valence electrons. The third kappa shape index (κ3) is 4.80. The van der Waals surface area contributed by atoms with Crippen molar-refractivity contribution in [3.63, 3.8) is 0 Å². The molecule has 0 bridgehead atoms. The normalized spacial score (nSPS) is 15.4. The number of rotatable bonds is 7. The number of methoxy groups -OCH3 is 1. The Bertz CT molecular complexity index is 1220. The van der Waals surface area contributed by atoms with Crippen LogP contribution in [0.15, 0.2) is 60.0 Å². The lowest BCUT2D eigenvalue weighted by molar-refractivity contribution is 0.201. The molecular weight excluding hydrogens is 468 g/mol. The smallest absolute Gasteiger partial charge is 0.173 e. The summed E-state index contributed by atoms with van der Waals surface area (Å²) in [6, 6.07) is 18.4. The van der Waals surface area contributed by atoms with E-state index in [2.05, 4.69) is 74.0 Å². The van der Waals surface area contributed by atoms with Crippen molar-refractivity contribution in [1.82, 2.24) is 25.1 Å². The van der Waals surface area contributed by atoms with Crippen LogP contribution >= 0.6 is 22.9 Å². The minimum absolute atomic E-state index is 0.0523. The van der Waals surface area contributed by atoms with Crippen molar-refractivity contribution in [2.45, 2.75) is 19.5 Å². The Morgan fingerprint density at radius 3 is 2.56 bits per heavy atom. The Morgan fingerprint density at radius 1 is 1.06 bits per heavy atom. The van der Waals surface area contributed by atoms with Gasteiger partial charge in [-0.3, -0.25) is 4.90 Å². The third-order valence-corrected chi connectivity index (χ3v) is 7.41. The van der Waals surface area contributed by atoms with Gasteiger partial charge in [0.15, 0.2) is 5.82 Å². The van der Waals surface area contributed by atoms with Crippen molar-refractivity contribution >= 4 is 28.6 Å². The molecule has 0 saturated carbocycles. The fraction of sp³-hybridized carbons (Fsp3) is 0.320. The number of benzene rings is 2. The van der Waals surface area contributed by atoms with Crippen molar-refractivity contribution in [2.24, 2.45) is 0 Å². The summed E-state index contributed by atoms with van der Waals surface area (Å²) < 4.78 is 7.31. The van der Waals surface area contributed by atoms with Crippen LogP contribution in [0.25, 0.3) is 0 Å². The molecule has 4 aromatic rings. The van der Waals surface area contributed by atoms with Gasteiger partial charge in [0.2, 0.25) is 0 Å². The second kappa shape index (κ2) is 10.1. The number of halogens is 1. The highest BCUT2D eigenvalue weighted by Crippen LogP contribution is 2.32. The first-order valence-electron chi connectivity index (χ1n) is 11.3. The number of hydrogen-bond acceptors (Lipinski definition) is 7. The summed E-state index contributed by atoms with van der Waals surface area (Å²) in [5.41, 5.74) is 3.59. The first kappa shape index (κ1) is 22.8. The number of hydrogen-bond donors (Lipinski definition) is 0. The van der Waals surface area contributed by atoms with Crippen LogP contribution in [0.3, 0.4) is 0 Å². The van der Waals surface area contributed by atoms with E-state index in [0.29, 0.717) is 6.54 Å². The molecule has 9 heteroatoms. The Labute approximate surface area is 208 Å². The molecule has 0 amide bonds. The van der Waals surface area contributed by atoms with Gasteiger partial charge in [0.25, 0.3) is 0 Å². The molecule has 1 aliphatic rings. The Kier molecular flexibility index (Phi) is 6.80. The number of aryl methyl sites for hydroxylation is 1. The zero-order valence-electron chi connectivity index (χ0n) is 19.3. The molecule has 1 atom stereocenters. The summed E-state index contributed by atoms with van der Waals surface area (Å²) in [5, 5.41) is 15.7. The minimum atomic E-state index is -0.0523. The van der Waals surface area contributed by atoms with Crippen LogP contribution in [0.5, 0.6) is 5.75 Å². The molecule has 0 aliphatic carbocycles. The van der Waals surface area contributed by atoms with E-state index >= 15 is 0 Å². The average molecular weight is 495 g/mol. The highest BCUT2D eigenvalue weighted by Gasteiger charge is 2.31. The van der Waals surface area contributed by atoms with E-state index < -0.39 is 0 Å². The highest BCUT2D eigenvalue weighted by atomic mass is 35.5. The lowest BCUT2D eigenvalue weighted by Crippen LogP contribution is -2.48. The molecular formula is C25H27ClN6OS. The predicted octanol–water partition coefficient (Wildman–Crippen LogP) is 4.66. The maximum Gasteiger partial charge on any atom is 0.173 e. The third-order valence-electron chi connectivity index (χ3n) is 6.31. The van der Waals surface area contributed by atoms with Gasteiger partial charge in [0.05, 0.1) is 19.7 Å². The fourth-order valence-corrected chi connectivity index (χ4v) is 5.38. The van der Waals surface area contributed by atoms with Gasteiger partial charge in [-0.15, -0.1) is 16.4 Å². The SMILES string of the molecule is COc1ccc(C(c2nnnn2Cc2cccs2)N2CCN(c3cc(Cl)ccc3C)CC2)cc1. The number of thiophene rings is 1. The Hall–Kier alpha value is -2.94. The van der Waals surface area contributed by atoms with E-state index in [4.69, 9.17) is 16.3 Å². The molecule has 2 aromatic heterocycles. The fourth-order valence-electron chi connectivity index (χ4n) is 4.52. The number of anilines is 1. The van der Waals surface area contributed by atoms with Crippen molar-refractivity contribution in [2.75, 3.05) is 38.2 Å².